The highest BCUT2D eigenvalue weighted by Crippen LogP contribution is 2.39. The number of carbonyl (C=O) groups is 2. The highest BCUT2D eigenvalue weighted by atomic mass is 32.2. The van der Waals surface area contributed by atoms with Crippen molar-refractivity contribution in [3.63, 3.8) is 0 Å². The number of allylic oxidation sites excluding steroid dienone is 2. The van der Waals surface area contributed by atoms with E-state index in [1.54, 1.807) is 0 Å². The van der Waals surface area contributed by atoms with Gasteiger partial charge in [0, 0.05) is 11.5 Å². The van der Waals surface area contributed by atoms with Crippen LogP contribution in [0.1, 0.15) is 32.1 Å². The van der Waals surface area contributed by atoms with Gasteiger partial charge in [0.15, 0.2) is 5.78 Å². The lowest BCUT2D eigenvalue weighted by Gasteiger charge is -2.17. The maximum Gasteiger partial charge on any atom is 0.341 e. The van der Waals surface area contributed by atoms with Crippen molar-refractivity contribution < 1.29 is 14.7 Å². The zero-order valence-corrected chi connectivity index (χ0v) is 12.4. The molecule has 0 aromatic rings. The van der Waals surface area contributed by atoms with Crippen molar-refractivity contribution in [1.82, 2.24) is 0 Å². The Balaban J connectivity index is 2.05. The fraction of sp³-hybridized carbons (Fsp3) is 0.571. The van der Waals surface area contributed by atoms with Crippen LogP contribution < -0.4 is 0 Å². The van der Waals surface area contributed by atoms with Crippen molar-refractivity contribution >= 4 is 35.3 Å². The molecule has 104 valence electrons. The lowest BCUT2D eigenvalue weighted by atomic mass is 9.89. The first-order chi connectivity index (χ1) is 9.18. The molecule has 0 spiro atoms. The monoisotopic (exact) mass is 298 g/mol. The number of carboxylic acids is 1. The normalized spacial score (nSPS) is 20.9. The topological polar surface area (TPSA) is 54.4 Å². The fourth-order valence-electron chi connectivity index (χ4n) is 2.38. The zero-order valence-electron chi connectivity index (χ0n) is 10.8. The van der Waals surface area contributed by atoms with Crippen molar-refractivity contribution in [3.05, 3.63) is 22.0 Å². The summed E-state index contributed by atoms with van der Waals surface area (Å²) in [6, 6.07) is 0. The van der Waals surface area contributed by atoms with Crippen molar-refractivity contribution in [3.8, 4) is 0 Å². The molecule has 0 unspecified atom stereocenters. The van der Waals surface area contributed by atoms with Crippen LogP contribution in [0.4, 0.5) is 0 Å². The molecule has 0 radical (unpaired) electrons. The van der Waals surface area contributed by atoms with E-state index in [0.29, 0.717) is 10.2 Å². The molecule has 0 atom stereocenters. The first-order valence-electron chi connectivity index (χ1n) is 6.64. The summed E-state index contributed by atoms with van der Waals surface area (Å²) in [5.41, 5.74) is -0.0421. The SMILES string of the molecule is O=C(O)C(C(=O)/C=C/C1CCCCC1)=C1SCCS1. The van der Waals surface area contributed by atoms with Gasteiger partial charge in [-0.1, -0.05) is 25.3 Å². The highest BCUT2D eigenvalue weighted by Gasteiger charge is 2.24. The molecule has 0 aromatic heterocycles. The standard InChI is InChI=1S/C14H18O3S2/c15-11(7-6-10-4-2-1-3-5-10)12(13(16)17)14-18-8-9-19-14/h6-7,10H,1-5,8-9H2,(H,16,17)/b7-6+. The summed E-state index contributed by atoms with van der Waals surface area (Å²) in [7, 11) is 0. The maximum absolute atomic E-state index is 12.1. The molecule has 1 aliphatic carbocycles. The Bertz CT molecular complexity index is 412. The van der Waals surface area contributed by atoms with E-state index >= 15 is 0 Å². The van der Waals surface area contributed by atoms with Crippen molar-refractivity contribution in [1.29, 1.82) is 0 Å². The van der Waals surface area contributed by atoms with Crippen LogP contribution in [-0.4, -0.2) is 28.4 Å². The summed E-state index contributed by atoms with van der Waals surface area (Å²) in [6.45, 7) is 0. The van der Waals surface area contributed by atoms with E-state index in [2.05, 4.69) is 0 Å². The summed E-state index contributed by atoms with van der Waals surface area (Å²) in [4.78, 5) is 23.3. The van der Waals surface area contributed by atoms with Gasteiger partial charge in [-0.25, -0.2) is 4.79 Å². The summed E-state index contributed by atoms with van der Waals surface area (Å²) in [5.74, 6) is 0.763. The third-order valence-corrected chi connectivity index (χ3v) is 6.10. The highest BCUT2D eigenvalue weighted by molar-refractivity contribution is 8.25. The van der Waals surface area contributed by atoms with Crippen LogP contribution in [0.15, 0.2) is 22.0 Å². The van der Waals surface area contributed by atoms with Crippen LogP contribution >= 0.6 is 23.5 Å². The Morgan fingerprint density at radius 1 is 1.11 bits per heavy atom. The second-order valence-electron chi connectivity index (χ2n) is 4.79. The number of thioether (sulfide) groups is 2. The van der Waals surface area contributed by atoms with E-state index in [0.717, 1.165) is 24.3 Å². The van der Waals surface area contributed by atoms with Crippen LogP contribution in [-0.2, 0) is 9.59 Å². The third-order valence-electron chi connectivity index (χ3n) is 3.38. The van der Waals surface area contributed by atoms with Crippen LogP contribution in [0.5, 0.6) is 0 Å². The summed E-state index contributed by atoms with van der Waals surface area (Å²) in [6.07, 6.45) is 9.32. The Hall–Kier alpha value is -0.680. The van der Waals surface area contributed by atoms with Crippen molar-refractivity contribution in [2.45, 2.75) is 32.1 Å². The largest absolute Gasteiger partial charge is 0.477 e. The number of carbonyl (C=O) groups excluding carboxylic acids is 1. The number of carboxylic acid groups (broad SMARTS) is 1. The fourth-order valence-corrected chi connectivity index (χ4v) is 4.92. The average molecular weight is 298 g/mol. The summed E-state index contributed by atoms with van der Waals surface area (Å²) >= 11 is 2.95. The van der Waals surface area contributed by atoms with E-state index in [-0.39, 0.29) is 11.4 Å². The van der Waals surface area contributed by atoms with Gasteiger partial charge in [-0.15, -0.1) is 23.5 Å². The molecule has 1 saturated carbocycles. The number of aliphatic carboxylic acids is 1. The molecule has 2 aliphatic rings. The molecular formula is C14H18O3S2. The zero-order chi connectivity index (χ0) is 13.7. The second-order valence-corrected chi connectivity index (χ2v) is 7.25. The summed E-state index contributed by atoms with van der Waals surface area (Å²) in [5, 5.41) is 9.20. The molecular weight excluding hydrogens is 280 g/mol. The molecule has 2 fully saturated rings. The molecule has 1 N–H and O–H groups in total. The van der Waals surface area contributed by atoms with Gasteiger partial charge in [0.05, 0.1) is 4.24 Å². The summed E-state index contributed by atoms with van der Waals surface area (Å²) < 4.78 is 0.672. The van der Waals surface area contributed by atoms with E-state index in [1.807, 2.05) is 6.08 Å². The van der Waals surface area contributed by atoms with Gasteiger partial charge in [-0.3, -0.25) is 4.79 Å². The molecule has 0 amide bonds. The molecule has 1 saturated heterocycles. The number of ketones is 1. The van der Waals surface area contributed by atoms with Gasteiger partial charge < -0.3 is 5.11 Å². The van der Waals surface area contributed by atoms with Crippen molar-refractivity contribution in [2.24, 2.45) is 5.92 Å². The van der Waals surface area contributed by atoms with Gasteiger partial charge in [-0.05, 0) is 24.8 Å². The quantitative estimate of drug-likeness (QED) is 0.489. The van der Waals surface area contributed by atoms with E-state index in [1.165, 1.54) is 48.9 Å². The second kappa shape index (κ2) is 7.20. The minimum Gasteiger partial charge on any atom is -0.477 e. The first kappa shape index (κ1) is 14.7. The molecule has 1 heterocycles. The van der Waals surface area contributed by atoms with Crippen LogP contribution in [0, 0.1) is 5.92 Å². The molecule has 1 aliphatic heterocycles. The Labute approximate surface area is 121 Å². The van der Waals surface area contributed by atoms with Gasteiger partial charge >= 0.3 is 5.97 Å². The van der Waals surface area contributed by atoms with E-state index in [9.17, 15) is 14.7 Å². The molecule has 3 nitrogen and oxygen atoms in total. The van der Waals surface area contributed by atoms with Gasteiger partial charge in [0.25, 0.3) is 0 Å². The number of rotatable bonds is 4. The van der Waals surface area contributed by atoms with Gasteiger partial charge in [-0.2, -0.15) is 0 Å². The van der Waals surface area contributed by atoms with Gasteiger partial charge in [0.1, 0.15) is 5.57 Å². The Morgan fingerprint density at radius 2 is 1.74 bits per heavy atom. The molecule has 19 heavy (non-hydrogen) atoms. The Morgan fingerprint density at radius 3 is 2.32 bits per heavy atom. The average Bonchev–Trinajstić information content (AvgIpc) is 2.91. The molecule has 5 heteroatoms. The molecule has 0 bridgehead atoms. The molecule has 0 aromatic carbocycles. The number of hydrogen-bond donors (Lipinski definition) is 1. The van der Waals surface area contributed by atoms with Crippen molar-refractivity contribution in [2.75, 3.05) is 11.5 Å². The first-order valence-corrected chi connectivity index (χ1v) is 8.61. The van der Waals surface area contributed by atoms with Gasteiger partial charge in [0.2, 0.25) is 0 Å². The van der Waals surface area contributed by atoms with E-state index < -0.39 is 5.97 Å². The van der Waals surface area contributed by atoms with Crippen LogP contribution in [0.3, 0.4) is 0 Å². The van der Waals surface area contributed by atoms with Crippen LogP contribution in [0.25, 0.3) is 0 Å². The Kier molecular flexibility index (Phi) is 5.58. The molecule has 2 rings (SSSR count). The van der Waals surface area contributed by atoms with Crippen LogP contribution in [0.2, 0.25) is 0 Å². The minimum atomic E-state index is -1.10. The predicted molar refractivity (Wildman–Crippen MR) is 80.3 cm³/mol. The lowest BCUT2D eigenvalue weighted by molar-refractivity contribution is -0.134. The number of hydrogen-bond acceptors (Lipinski definition) is 4. The minimum absolute atomic E-state index is 0.0421. The maximum atomic E-state index is 12.1. The lowest BCUT2D eigenvalue weighted by Crippen LogP contribution is -2.12. The smallest absolute Gasteiger partial charge is 0.341 e. The third kappa shape index (κ3) is 4.14. The van der Waals surface area contributed by atoms with E-state index in [4.69, 9.17) is 0 Å². The predicted octanol–water partition coefficient (Wildman–Crippen LogP) is 3.47.